The second kappa shape index (κ2) is 10.5. The summed E-state index contributed by atoms with van der Waals surface area (Å²) in [6, 6.07) is 9.04. The largest absolute Gasteiger partial charge is 0.417 e. The van der Waals surface area contributed by atoms with Gasteiger partial charge in [-0.25, -0.2) is 4.39 Å². The molecule has 2 aromatic carbocycles. The Labute approximate surface area is 221 Å². The standard InChI is InChI=1S/C27H27F4N5O3/c1-14-12-36(13-15(2)35(14)3)23-7-5-16(18-6-4-17(25(32)38)8-21(18)28)9-22(23)34-26(39)19-11-33-24(37)10-20(19)27(29,30)31/h4-11,14-15H,12-13H2,1-3H3,(H2,32,38)(H,33,37)(H,34,39)/t14-,15?/m0/s1. The number of hydrogen-bond donors (Lipinski definition) is 3. The second-order valence-corrected chi connectivity index (χ2v) is 9.64. The summed E-state index contributed by atoms with van der Waals surface area (Å²) in [6.45, 7) is 5.19. The summed E-state index contributed by atoms with van der Waals surface area (Å²) in [5.74, 6) is -2.64. The number of carbonyl (C=O) groups excluding carboxylic acids is 2. The summed E-state index contributed by atoms with van der Waals surface area (Å²) in [4.78, 5) is 42.4. The van der Waals surface area contributed by atoms with Crippen molar-refractivity contribution in [1.82, 2.24) is 9.88 Å². The summed E-state index contributed by atoms with van der Waals surface area (Å²) in [7, 11) is 1.99. The molecule has 0 saturated carbocycles. The van der Waals surface area contributed by atoms with Crippen LogP contribution in [0.15, 0.2) is 53.5 Å². The van der Waals surface area contributed by atoms with E-state index in [0.717, 1.165) is 6.07 Å². The molecule has 8 nitrogen and oxygen atoms in total. The van der Waals surface area contributed by atoms with Gasteiger partial charge in [0.2, 0.25) is 11.5 Å². The lowest BCUT2D eigenvalue weighted by molar-refractivity contribution is -0.138. The van der Waals surface area contributed by atoms with E-state index < -0.39 is 40.5 Å². The van der Waals surface area contributed by atoms with Crippen LogP contribution in [0.2, 0.25) is 0 Å². The number of pyridine rings is 1. The normalized spacial score (nSPS) is 18.2. The third-order valence-corrected chi connectivity index (χ3v) is 6.98. The zero-order valence-electron chi connectivity index (χ0n) is 21.4. The number of rotatable bonds is 5. The Balaban J connectivity index is 1.80. The summed E-state index contributed by atoms with van der Waals surface area (Å²) < 4.78 is 55.8. The second-order valence-electron chi connectivity index (χ2n) is 9.64. The first kappa shape index (κ1) is 27.8. The molecule has 2 amide bonds. The number of anilines is 2. The molecular weight excluding hydrogens is 518 g/mol. The van der Waals surface area contributed by atoms with Crippen molar-refractivity contribution in [2.24, 2.45) is 5.73 Å². The van der Waals surface area contributed by atoms with Gasteiger partial charge in [0, 0.05) is 48.6 Å². The van der Waals surface area contributed by atoms with Gasteiger partial charge in [-0.1, -0.05) is 12.1 Å². The molecule has 0 aliphatic carbocycles. The highest BCUT2D eigenvalue weighted by Crippen LogP contribution is 2.36. The first-order chi connectivity index (χ1) is 18.3. The van der Waals surface area contributed by atoms with Crippen LogP contribution in [0.4, 0.5) is 28.9 Å². The molecule has 206 valence electrons. The lowest BCUT2D eigenvalue weighted by Crippen LogP contribution is -2.55. The number of benzene rings is 2. The van der Waals surface area contributed by atoms with Crippen molar-refractivity contribution in [3.05, 3.63) is 81.5 Å². The number of hydrogen-bond acceptors (Lipinski definition) is 5. The Morgan fingerprint density at radius 3 is 2.31 bits per heavy atom. The number of aromatic amines is 1. The van der Waals surface area contributed by atoms with Gasteiger partial charge in [0.15, 0.2) is 0 Å². The molecule has 1 aromatic heterocycles. The Hall–Kier alpha value is -4.19. The molecule has 1 saturated heterocycles. The van der Waals surface area contributed by atoms with Gasteiger partial charge in [0.25, 0.3) is 5.91 Å². The van der Waals surface area contributed by atoms with Gasteiger partial charge in [-0.15, -0.1) is 0 Å². The highest BCUT2D eigenvalue weighted by Gasteiger charge is 2.36. The lowest BCUT2D eigenvalue weighted by atomic mass is 10.00. The number of carbonyl (C=O) groups is 2. The number of likely N-dealkylation sites (N-methyl/N-ethyl adjacent to an activating group) is 1. The quantitative estimate of drug-likeness (QED) is 0.419. The minimum absolute atomic E-state index is 0.0282. The van der Waals surface area contributed by atoms with Crippen LogP contribution in [0.5, 0.6) is 0 Å². The number of amides is 2. The van der Waals surface area contributed by atoms with Crippen molar-refractivity contribution in [3.8, 4) is 11.1 Å². The summed E-state index contributed by atoms with van der Waals surface area (Å²) >= 11 is 0. The van der Waals surface area contributed by atoms with Gasteiger partial charge in [0.1, 0.15) is 5.82 Å². The monoisotopic (exact) mass is 545 g/mol. The Kier molecular flexibility index (Phi) is 7.51. The van der Waals surface area contributed by atoms with Crippen LogP contribution in [0.3, 0.4) is 0 Å². The molecule has 1 aliphatic rings. The van der Waals surface area contributed by atoms with Crippen LogP contribution in [-0.2, 0) is 6.18 Å². The first-order valence-electron chi connectivity index (χ1n) is 12.1. The fourth-order valence-electron chi connectivity index (χ4n) is 4.67. The number of piperazine rings is 1. The van der Waals surface area contributed by atoms with E-state index >= 15 is 0 Å². The van der Waals surface area contributed by atoms with E-state index in [9.17, 15) is 31.9 Å². The van der Waals surface area contributed by atoms with E-state index in [1.54, 1.807) is 12.1 Å². The van der Waals surface area contributed by atoms with Crippen LogP contribution in [-0.4, -0.2) is 53.9 Å². The summed E-state index contributed by atoms with van der Waals surface area (Å²) in [5, 5.41) is 2.54. The van der Waals surface area contributed by atoms with Gasteiger partial charge in [-0.05, 0) is 50.7 Å². The highest BCUT2D eigenvalue weighted by molar-refractivity contribution is 6.07. The van der Waals surface area contributed by atoms with Crippen molar-refractivity contribution in [1.29, 1.82) is 0 Å². The maximum Gasteiger partial charge on any atom is 0.417 e. The SMILES string of the molecule is CC1CN(c2ccc(-c3ccc(C(N)=O)cc3F)cc2NC(=O)c2c[nH]c(=O)cc2C(F)(F)F)C[C@H](C)N1C. The van der Waals surface area contributed by atoms with E-state index in [-0.39, 0.29) is 28.9 Å². The molecule has 0 radical (unpaired) electrons. The molecule has 4 rings (SSSR count). The third kappa shape index (κ3) is 5.80. The molecule has 3 aromatic rings. The van der Waals surface area contributed by atoms with Gasteiger partial charge in [-0.2, -0.15) is 13.2 Å². The van der Waals surface area contributed by atoms with Crippen LogP contribution < -0.4 is 21.5 Å². The number of H-pyrrole nitrogens is 1. The van der Waals surface area contributed by atoms with Crippen molar-refractivity contribution >= 4 is 23.2 Å². The number of aromatic nitrogens is 1. The third-order valence-electron chi connectivity index (χ3n) is 6.98. The molecule has 1 fully saturated rings. The molecule has 39 heavy (non-hydrogen) atoms. The van der Waals surface area contributed by atoms with E-state index in [2.05, 4.69) is 15.2 Å². The Morgan fingerprint density at radius 2 is 1.72 bits per heavy atom. The van der Waals surface area contributed by atoms with Crippen molar-refractivity contribution in [2.75, 3.05) is 30.4 Å². The fourth-order valence-corrected chi connectivity index (χ4v) is 4.67. The summed E-state index contributed by atoms with van der Waals surface area (Å²) in [6.07, 6.45) is -4.23. The predicted molar refractivity (Wildman–Crippen MR) is 139 cm³/mol. The average molecular weight is 546 g/mol. The smallest absolute Gasteiger partial charge is 0.367 e. The highest BCUT2D eigenvalue weighted by atomic mass is 19.4. The van der Waals surface area contributed by atoms with Crippen LogP contribution >= 0.6 is 0 Å². The van der Waals surface area contributed by atoms with E-state index in [4.69, 9.17) is 5.73 Å². The maximum atomic E-state index is 14.9. The fraction of sp³-hybridized carbons (Fsp3) is 0.296. The molecule has 4 N–H and O–H groups in total. The lowest BCUT2D eigenvalue weighted by Gasteiger charge is -2.44. The van der Waals surface area contributed by atoms with E-state index in [0.29, 0.717) is 36.6 Å². The number of primary amides is 1. The van der Waals surface area contributed by atoms with Crippen LogP contribution in [0.25, 0.3) is 11.1 Å². The minimum Gasteiger partial charge on any atom is -0.367 e. The molecule has 0 spiro atoms. The van der Waals surface area contributed by atoms with E-state index in [1.165, 1.54) is 18.2 Å². The van der Waals surface area contributed by atoms with Gasteiger partial charge >= 0.3 is 6.18 Å². The zero-order chi connectivity index (χ0) is 28.6. The minimum atomic E-state index is -4.95. The molecular formula is C27H27F4N5O3. The number of nitrogens with zero attached hydrogens (tertiary/aromatic N) is 2. The van der Waals surface area contributed by atoms with Gasteiger partial charge < -0.3 is 20.9 Å². The molecule has 2 heterocycles. The van der Waals surface area contributed by atoms with Crippen molar-refractivity contribution in [3.63, 3.8) is 0 Å². The molecule has 1 aliphatic heterocycles. The first-order valence-corrected chi connectivity index (χ1v) is 12.1. The van der Waals surface area contributed by atoms with Crippen molar-refractivity contribution in [2.45, 2.75) is 32.1 Å². The molecule has 2 atom stereocenters. The molecule has 0 bridgehead atoms. The van der Waals surface area contributed by atoms with Crippen LogP contribution in [0.1, 0.15) is 40.1 Å². The summed E-state index contributed by atoms with van der Waals surface area (Å²) in [5.41, 5.74) is 3.15. The topological polar surface area (TPSA) is 112 Å². The number of nitrogens with one attached hydrogen (secondary N) is 2. The predicted octanol–water partition coefficient (Wildman–Crippen LogP) is 4.08. The number of halogens is 4. The van der Waals surface area contributed by atoms with Crippen molar-refractivity contribution < 1.29 is 27.2 Å². The average Bonchev–Trinajstić information content (AvgIpc) is 2.86. The maximum absolute atomic E-state index is 14.9. The zero-order valence-corrected chi connectivity index (χ0v) is 21.4. The Morgan fingerprint density at radius 1 is 1.05 bits per heavy atom. The van der Waals surface area contributed by atoms with Gasteiger partial charge in [0.05, 0.1) is 22.5 Å². The molecule has 12 heteroatoms. The van der Waals surface area contributed by atoms with Crippen LogP contribution in [0, 0.1) is 5.82 Å². The number of alkyl halides is 3. The Bertz CT molecular complexity index is 1470. The van der Waals surface area contributed by atoms with Gasteiger partial charge in [-0.3, -0.25) is 19.3 Å². The number of nitrogens with two attached hydrogens (primary N) is 1. The molecule has 1 unspecified atom stereocenters. The van der Waals surface area contributed by atoms with E-state index in [1.807, 2.05) is 25.8 Å².